The highest BCUT2D eigenvalue weighted by Gasteiger charge is 2.58. The molecular formula is C30H34FN3O7. The summed E-state index contributed by atoms with van der Waals surface area (Å²) in [7, 11) is 0. The number of carbonyl (C=O) groups is 4. The van der Waals surface area contributed by atoms with Crippen molar-refractivity contribution in [2.45, 2.75) is 58.4 Å². The molecule has 1 saturated heterocycles. The molecule has 10 nitrogen and oxygen atoms in total. The number of halogens is 1. The monoisotopic (exact) mass is 567 g/mol. The van der Waals surface area contributed by atoms with E-state index < -0.39 is 34.5 Å². The number of allylic oxidation sites excluding steroid dienone is 1. The molecule has 2 aliphatic heterocycles. The maximum Gasteiger partial charge on any atom is 0.328 e. The molecule has 1 aromatic heterocycles. The Labute approximate surface area is 236 Å². The van der Waals surface area contributed by atoms with Crippen LogP contribution in [0.25, 0.3) is 11.0 Å². The molecule has 2 aromatic rings. The fraction of sp³-hybridized carbons (Fsp3) is 0.433. The maximum absolute atomic E-state index is 15.2. The van der Waals surface area contributed by atoms with E-state index >= 15 is 4.39 Å². The summed E-state index contributed by atoms with van der Waals surface area (Å²) >= 11 is 0. The van der Waals surface area contributed by atoms with Gasteiger partial charge >= 0.3 is 11.9 Å². The number of nitrogens with zero attached hydrogens (tertiary/aromatic N) is 2. The Balaban J connectivity index is 0.000000426. The normalized spacial score (nSPS) is 23.8. The van der Waals surface area contributed by atoms with Gasteiger partial charge in [0, 0.05) is 40.7 Å². The number of carbonyl (C=O) groups excluding carboxylic acids is 2. The van der Waals surface area contributed by atoms with Gasteiger partial charge < -0.3 is 19.6 Å². The van der Waals surface area contributed by atoms with Crippen molar-refractivity contribution >= 4 is 34.7 Å². The fourth-order valence-corrected chi connectivity index (χ4v) is 6.33. The lowest BCUT2D eigenvalue weighted by Crippen LogP contribution is -2.56. The summed E-state index contributed by atoms with van der Waals surface area (Å²) in [6.07, 6.45) is 8.18. The Morgan fingerprint density at radius 1 is 1.12 bits per heavy atom. The molecule has 218 valence electrons. The third kappa shape index (κ3) is 5.46. The van der Waals surface area contributed by atoms with Gasteiger partial charge in [-0.2, -0.15) is 0 Å². The number of aliphatic carboxylic acids is 2. The highest BCUT2D eigenvalue weighted by molar-refractivity contribution is 6.21. The van der Waals surface area contributed by atoms with E-state index in [9.17, 15) is 19.2 Å². The molecule has 11 heteroatoms. The first kappa shape index (κ1) is 29.9. The molecule has 3 heterocycles. The molecule has 0 bridgehead atoms. The SMILES string of the molecule is CC(C1C2=C(C=CC1(c1noc3cccc(F)c13)C(C)(C)C)C(=O)NC2=O)N1CCCCC1.O=C(O)C=CC(=O)O. The first-order valence-electron chi connectivity index (χ1n) is 13.5. The van der Waals surface area contributed by atoms with Gasteiger partial charge in [0.2, 0.25) is 0 Å². The van der Waals surface area contributed by atoms with Crippen LogP contribution in [0.1, 0.15) is 52.7 Å². The number of likely N-dealkylation sites (tertiary alicyclic amines) is 1. The number of amides is 2. The number of fused-ring (bicyclic) bond motifs is 1. The van der Waals surface area contributed by atoms with Crippen LogP contribution in [0.15, 0.2) is 58.2 Å². The summed E-state index contributed by atoms with van der Waals surface area (Å²) in [4.78, 5) is 47.3. The van der Waals surface area contributed by atoms with Gasteiger partial charge in [-0.25, -0.2) is 14.0 Å². The molecule has 0 spiro atoms. The van der Waals surface area contributed by atoms with Crippen LogP contribution in [-0.2, 0) is 24.6 Å². The quantitative estimate of drug-likeness (QED) is 0.360. The molecule has 3 unspecified atom stereocenters. The Hall–Kier alpha value is -4.12. The van der Waals surface area contributed by atoms with E-state index in [2.05, 4.69) is 43.1 Å². The lowest BCUT2D eigenvalue weighted by atomic mass is 9.52. The predicted octanol–water partition coefficient (Wildman–Crippen LogP) is 3.98. The second-order valence-electron chi connectivity index (χ2n) is 11.5. The lowest BCUT2D eigenvalue weighted by molar-refractivity contribution is -0.134. The first-order valence-corrected chi connectivity index (χ1v) is 13.5. The number of hydrogen-bond acceptors (Lipinski definition) is 7. The van der Waals surface area contributed by atoms with Gasteiger partial charge in [-0.05, 0) is 50.4 Å². The smallest absolute Gasteiger partial charge is 0.328 e. The van der Waals surface area contributed by atoms with E-state index in [0.29, 0.717) is 40.0 Å². The summed E-state index contributed by atoms with van der Waals surface area (Å²) in [6.45, 7) is 10.2. The van der Waals surface area contributed by atoms with E-state index in [4.69, 9.17) is 14.7 Å². The highest BCUT2D eigenvalue weighted by Crippen LogP contribution is 2.57. The standard InChI is InChI=1S/C26H30FN3O3.C4H4O4/c1-15(30-13-6-5-7-14-30)21-19-16(23(31)28-24(19)32)11-12-26(21,25(2,3)4)22-20-17(27)9-8-10-18(20)33-29-22;5-3(6)1-2-4(7)8/h8-12,15,21H,5-7,13-14H2,1-4H3,(H,28,31,32);1-2H,(H,5,6)(H,7,8). The van der Waals surface area contributed by atoms with Crippen LogP contribution in [0.3, 0.4) is 0 Å². The van der Waals surface area contributed by atoms with Crippen molar-refractivity contribution in [1.29, 1.82) is 0 Å². The lowest BCUT2D eigenvalue weighted by Gasteiger charge is -2.53. The topological polar surface area (TPSA) is 150 Å². The van der Waals surface area contributed by atoms with Crippen molar-refractivity contribution < 1.29 is 38.3 Å². The van der Waals surface area contributed by atoms with E-state index in [1.54, 1.807) is 18.2 Å². The molecule has 0 saturated carbocycles. The van der Waals surface area contributed by atoms with Crippen molar-refractivity contribution in [2.24, 2.45) is 11.3 Å². The maximum atomic E-state index is 15.2. The van der Waals surface area contributed by atoms with E-state index in [1.165, 1.54) is 12.5 Å². The summed E-state index contributed by atoms with van der Waals surface area (Å²) in [6, 6.07) is 4.64. The molecular weight excluding hydrogens is 533 g/mol. The van der Waals surface area contributed by atoms with Crippen LogP contribution in [0, 0.1) is 17.2 Å². The van der Waals surface area contributed by atoms with Gasteiger partial charge in [0.25, 0.3) is 11.8 Å². The fourth-order valence-electron chi connectivity index (χ4n) is 6.33. The van der Waals surface area contributed by atoms with Crippen molar-refractivity contribution in [3.05, 3.63) is 65.2 Å². The largest absolute Gasteiger partial charge is 0.478 e. The van der Waals surface area contributed by atoms with Gasteiger partial charge in [-0.15, -0.1) is 0 Å². The van der Waals surface area contributed by atoms with Gasteiger partial charge in [0.15, 0.2) is 5.58 Å². The molecule has 0 radical (unpaired) electrons. The second-order valence-corrected chi connectivity index (χ2v) is 11.5. The molecule has 1 aromatic carbocycles. The number of piperidine rings is 1. The Morgan fingerprint density at radius 3 is 2.34 bits per heavy atom. The zero-order valence-corrected chi connectivity index (χ0v) is 23.4. The first-order chi connectivity index (χ1) is 19.3. The number of aromatic nitrogens is 1. The Bertz CT molecular complexity index is 1460. The van der Waals surface area contributed by atoms with Gasteiger partial charge in [0.1, 0.15) is 11.5 Å². The van der Waals surface area contributed by atoms with Crippen LogP contribution >= 0.6 is 0 Å². The van der Waals surface area contributed by atoms with Crippen LogP contribution in [0.5, 0.6) is 0 Å². The van der Waals surface area contributed by atoms with Crippen LogP contribution in [-0.4, -0.2) is 63.2 Å². The number of benzene rings is 1. The minimum atomic E-state index is -1.26. The Morgan fingerprint density at radius 2 is 1.76 bits per heavy atom. The van der Waals surface area contributed by atoms with E-state index in [-0.39, 0.29) is 17.9 Å². The van der Waals surface area contributed by atoms with E-state index in [1.807, 2.05) is 6.08 Å². The number of nitrogens with one attached hydrogen (secondary N) is 1. The summed E-state index contributed by atoms with van der Waals surface area (Å²) in [5.74, 6) is -4.07. The molecule has 1 aliphatic carbocycles. The number of imide groups is 1. The Kier molecular flexibility index (Phi) is 8.30. The predicted molar refractivity (Wildman–Crippen MR) is 147 cm³/mol. The number of rotatable bonds is 5. The molecule has 3 atom stereocenters. The summed E-state index contributed by atoms with van der Waals surface area (Å²) in [5, 5.41) is 22.9. The van der Waals surface area contributed by atoms with Crippen molar-refractivity contribution in [1.82, 2.24) is 15.4 Å². The molecule has 41 heavy (non-hydrogen) atoms. The zero-order chi connectivity index (χ0) is 30.1. The minimum absolute atomic E-state index is 0.0744. The highest BCUT2D eigenvalue weighted by atomic mass is 19.1. The molecule has 3 N–H and O–H groups in total. The average molecular weight is 568 g/mol. The van der Waals surface area contributed by atoms with Gasteiger partial charge in [0.05, 0.1) is 5.39 Å². The zero-order valence-electron chi connectivity index (χ0n) is 23.4. The minimum Gasteiger partial charge on any atom is -0.478 e. The van der Waals surface area contributed by atoms with Crippen molar-refractivity contribution in [3.63, 3.8) is 0 Å². The van der Waals surface area contributed by atoms with Crippen molar-refractivity contribution in [3.8, 4) is 0 Å². The number of carboxylic acid groups (broad SMARTS) is 2. The molecule has 2 amide bonds. The number of hydrogen-bond donors (Lipinski definition) is 3. The van der Waals surface area contributed by atoms with Crippen LogP contribution in [0.2, 0.25) is 0 Å². The number of carboxylic acids is 2. The van der Waals surface area contributed by atoms with Gasteiger partial charge in [-0.3, -0.25) is 14.9 Å². The summed E-state index contributed by atoms with van der Waals surface area (Å²) in [5.41, 5.74) is 0.377. The molecule has 5 rings (SSSR count). The third-order valence-corrected chi connectivity index (χ3v) is 8.22. The molecule has 1 fully saturated rings. The summed E-state index contributed by atoms with van der Waals surface area (Å²) < 4.78 is 20.8. The van der Waals surface area contributed by atoms with Crippen LogP contribution in [0.4, 0.5) is 4.39 Å². The van der Waals surface area contributed by atoms with Crippen molar-refractivity contribution in [2.75, 3.05) is 13.1 Å². The van der Waals surface area contributed by atoms with Gasteiger partial charge in [-0.1, -0.05) is 50.6 Å². The van der Waals surface area contributed by atoms with Crippen LogP contribution < -0.4 is 5.32 Å². The van der Waals surface area contributed by atoms with E-state index in [0.717, 1.165) is 25.9 Å². The molecule has 3 aliphatic rings. The third-order valence-electron chi connectivity index (χ3n) is 8.22. The second kappa shape index (κ2) is 11.4. The average Bonchev–Trinajstić information content (AvgIpc) is 3.48.